The minimum Gasteiger partial charge on any atom is -0.321 e. The third-order valence-corrected chi connectivity index (χ3v) is 6.51. The molecule has 0 fully saturated rings. The van der Waals surface area contributed by atoms with Gasteiger partial charge in [0.05, 0.1) is 15.6 Å². The Hall–Kier alpha value is -4.15. The number of hydrogen-bond acceptors (Lipinski definition) is 5. The number of hydrazine groups is 1. The summed E-state index contributed by atoms with van der Waals surface area (Å²) < 4.78 is 27.8. The zero-order chi connectivity index (χ0) is 24.3. The molecular formula is C23H17ClN4O5S. The molecule has 0 aliphatic rings. The molecule has 4 aromatic rings. The normalized spacial score (nSPS) is 11.1. The predicted molar refractivity (Wildman–Crippen MR) is 128 cm³/mol. The van der Waals surface area contributed by atoms with Gasteiger partial charge in [-0.1, -0.05) is 48.0 Å². The van der Waals surface area contributed by atoms with Gasteiger partial charge in [0.25, 0.3) is 27.4 Å². The largest absolute Gasteiger partial charge is 0.321 e. The monoisotopic (exact) mass is 496 g/mol. The molecule has 0 saturated carbocycles. The van der Waals surface area contributed by atoms with Gasteiger partial charge in [-0.05, 0) is 47.9 Å². The number of fused-ring (bicyclic) bond motifs is 1. The molecule has 34 heavy (non-hydrogen) atoms. The van der Waals surface area contributed by atoms with Crippen molar-refractivity contribution in [1.82, 2.24) is 15.8 Å². The summed E-state index contributed by atoms with van der Waals surface area (Å²) in [4.78, 5) is 39.6. The van der Waals surface area contributed by atoms with Crippen molar-refractivity contribution >= 4 is 50.0 Å². The summed E-state index contributed by atoms with van der Waals surface area (Å²) in [6.07, 6.45) is 0. The summed E-state index contributed by atoms with van der Waals surface area (Å²) in [6.45, 7) is 0. The maximum Gasteiger partial charge on any atom is 0.275 e. The number of hydrogen-bond donors (Lipinski definition) is 4. The molecule has 0 spiro atoms. The standard InChI is InChI=1S/C23H17ClN4O5S/c24-18-9-2-4-11-20(18)28-34(32,33)16-8-5-7-15(12-16)21(29)26-27-23(31)17-13-14-6-1-3-10-19(14)25-22(17)30/h1-13,28H,(H,25,30)(H,26,29)(H,27,31). The molecule has 1 aromatic heterocycles. The molecule has 0 bridgehead atoms. The number of amides is 2. The van der Waals surface area contributed by atoms with Crippen LogP contribution in [0.15, 0.2) is 88.6 Å². The van der Waals surface area contributed by atoms with Crippen molar-refractivity contribution in [3.63, 3.8) is 0 Å². The average molecular weight is 497 g/mol. The van der Waals surface area contributed by atoms with Crippen molar-refractivity contribution in [2.75, 3.05) is 4.72 Å². The van der Waals surface area contributed by atoms with Gasteiger partial charge in [0.15, 0.2) is 0 Å². The number of carbonyl (C=O) groups is 2. The maximum atomic E-state index is 12.7. The first-order valence-corrected chi connectivity index (χ1v) is 11.7. The van der Waals surface area contributed by atoms with Crippen molar-refractivity contribution in [2.24, 2.45) is 0 Å². The van der Waals surface area contributed by atoms with Crippen LogP contribution in [0.4, 0.5) is 5.69 Å². The third-order valence-electron chi connectivity index (χ3n) is 4.81. The molecule has 4 rings (SSSR count). The molecule has 4 N–H and O–H groups in total. The van der Waals surface area contributed by atoms with Crippen molar-refractivity contribution in [2.45, 2.75) is 4.90 Å². The highest BCUT2D eigenvalue weighted by Gasteiger charge is 2.18. The minimum absolute atomic E-state index is 0.0326. The van der Waals surface area contributed by atoms with Crippen LogP contribution in [0.1, 0.15) is 20.7 Å². The highest BCUT2D eigenvalue weighted by atomic mass is 35.5. The fraction of sp³-hybridized carbons (Fsp3) is 0. The molecule has 0 unspecified atom stereocenters. The van der Waals surface area contributed by atoms with Crippen molar-refractivity contribution in [1.29, 1.82) is 0 Å². The van der Waals surface area contributed by atoms with Crippen LogP contribution < -0.4 is 21.1 Å². The lowest BCUT2D eigenvalue weighted by atomic mass is 10.1. The summed E-state index contributed by atoms with van der Waals surface area (Å²) in [5, 5.41) is 0.855. The summed E-state index contributed by atoms with van der Waals surface area (Å²) in [7, 11) is -4.04. The number of H-pyrrole nitrogens is 1. The minimum atomic E-state index is -4.04. The van der Waals surface area contributed by atoms with E-state index >= 15 is 0 Å². The Balaban J connectivity index is 1.48. The molecule has 2 amide bonds. The topological polar surface area (TPSA) is 137 Å². The van der Waals surface area contributed by atoms with Crippen LogP contribution in [0.2, 0.25) is 5.02 Å². The number of nitrogens with one attached hydrogen (secondary N) is 4. The molecule has 9 nitrogen and oxygen atoms in total. The van der Waals surface area contributed by atoms with Crippen LogP contribution in [-0.2, 0) is 10.0 Å². The number of halogens is 1. The van der Waals surface area contributed by atoms with Gasteiger partial charge in [-0.2, -0.15) is 0 Å². The van der Waals surface area contributed by atoms with E-state index in [1.807, 2.05) is 0 Å². The number of rotatable bonds is 5. The Morgan fingerprint density at radius 1 is 0.824 bits per heavy atom. The van der Waals surface area contributed by atoms with E-state index in [4.69, 9.17) is 11.6 Å². The fourth-order valence-electron chi connectivity index (χ4n) is 3.12. The second-order valence-corrected chi connectivity index (χ2v) is 9.21. The number of aromatic nitrogens is 1. The van der Waals surface area contributed by atoms with E-state index in [9.17, 15) is 22.8 Å². The Morgan fingerprint density at radius 3 is 2.32 bits per heavy atom. The fourth-order valence-corrected chi connectivity index (χ4v) is 4.49. The van der Waals surface area contributed by atoms with E-state index in [0.717, 1.165) is 6.07 Å². The van der Waals surface area contributed by atoms with Crippen LogP contribution in [0, 0.1) is 0 Å². The lowest BCUT2D eigenvalue weighted by Gasteiger charge is -2.11. The molecule has 0 aliphatic carbocycles. The number of aromatic amines is 1. The number of sulfonamides is 1. The first-order chi connectivity index (χ1) is 16.2. The van der Waals surface area contributed by atoms with E-state index in [-0.39, 0.29) is 26.7 Å². The van der Waals surface area contributed by atoms with Gasteiger partial charge < -0.3 is 4.98 Å². The summed E-state index contributed by atoms with van der Waals surface area (Å²) in [5.74, 6) is -1.61. The van der Waals surface area contributed by atoms with E-state index in [0.29, 0.717) is 10.9 Å². The van der Waals surface area contributed by atoms with E-state index < -0.39 is 27.4 Å². The lowest BCUT2D eigenvalue weighted by Crippen LogP contribution is -2.43. The summed E-state index contributed by atoms with van der Waals surface area (Å²) in [6, 6.07) is 19.9. The molecule has 0 aliphatic heterocycles. The van der Waals surface area contributed by atoms with Crippen molar-refractivity contribution in [3.8, 4) is 0 Å². The van der Waals surface area contributed by atoms with Crippen LogP contribution in [-0.4, -0.2) is 25.2 Å². The number of carbonyl (C=O) groups excluding carboxylic acids is 2. The zero-order valence-electron chi connectivity index (χ0n) is 17.3. The Labute approximate surface area is 198 Å². The number of para-hydroxylation sites is 2. The highest BCUT2D eigenvalue weighted by Crippen LogP contribution is 2.24. The Kier molecular flexibility index (Phi) is 6.35. The van der Waals surface area contributed by atoms with Gasteiger partial charge in [0.1, 0.15) is 5.56 Å². The SMILES string of the molecule is O=C(NNC(=O)c1cc2ccccc2[nH]c1=O)c1cccc(S(=O)(=O)Nc2ccccc2Cl)c1. The van der Waals surface area contributed by atoms with E-state index in [1.165, 1.54) is 36.4 Å². The summed E-state index contributed by atoms with van der Waals surface area (Å²) in [5.41, 5.74) is 4.25. The maximum absolute atomic E-state index is 12.7. The zero-order valence-corrected chi connectivity index (χ0v) is 18.9. The molecule has 1 heterocycles. The number of anilines is 1. The average Bonchev–Trinajstić information content (AvgIpc) is 2.83. The summed E-state index contributed by atoms with van der Waals surface area (Å²) >= 11 is 6.01. The first kappa shape index (κ1) is 23.0. The van der Waals surface area contributed by atoms with Crippen LogP contribution in [0.25, 0.3) is 10.9 Å². The van der Waals surface area contributed by atoms with Crippen molar-refractivity contribution < 1.29 is 18.0 Å². The Morgan fingerprint density at radius 2 is 1.53 bits per heavy atom. The molecule has 3 aromatic carbocycles. The molecule has 172 valence electrons. The van der Waals surface area contributed by atoms with Gasteiger partial charge in [-0.25, -0.2) is 8.42 Å². The molecule has 0 saturated heterocycles. The third kappa shape index (κ3) is 4.92. The van der Waals surface area contributed by atoms with Crippen molar-refractivity contribution in [3.05, 3.63) is 105 Å². The second kappa shape index (κ2) is 9.38. The molecule has 0 radical (unpaired) electrons. The van der Waals surface area contributed by atoms with E-state index in [1.54, 1.807) is 36.4 Å². The Bertz CT molecular complexity index is 1580. The van der Waals surface area contributed by atoms with Crippen LogP contribution in [0.5, 0.6) is 0 Å². The lowest BCUT2D eigenvalue weighted by molar-refractivity contribution is 0.0846. The van der Waals surface area contributed by atoms with Crippen LogP contribution >= 0.6 is 11.6 Å². The number of pyridine rings is 1. The number of benzene rings is 3. The smallest absolute Gasteiger partial charge is 0.275 e. The van der Waals surface area contributed by atoms with Gasteiger partial charge >= 0.3 is 0 Å². The van der Waals surface area contributed by atoms with E-state index in [2.05, 4.69) is 20.6 Å². The molecular weight excluding hydrogens is 480 g/mol. The quantitative estimate of drug-likeness (QED) is 0.315. The van der Waals surface area contributed by atoms with Gasteiger partial charge in [-0.3, -0.25) is 30.0 Å². The first-order valence-electron chi connectivity index (χ1n) is 9.85. The second-order valence-electron chi connectivity index (χ2n) is 7.12. The van der Waals surface area contributed by atoms with Gasteiger partial charge in [-0.15, -0.1) is 0 Å². The van der Waals surface area contributed by atoms with Crippen LogP contribution in [0.3, 0.4) is 0 Å². The predicted octanol–water partition coefficient (Wildman–Crippen LogP) is 3.06. The van der Waals surface area contributed by atoms with Gasteiger partial charge in [0, 0.05) is 11.1 Å². The highest BCUT2D eigenvalue weighted by molar-refractivity contribution is 7.92. The molecule has 0 atom stereocenters. The van der Waals surface area contributed by atoms with Gasteiger partial charge in [0.2, 0.25) is 0 Å². The molecule has 11 heteroatoms.